The van der Waals surface area contributed by atoms with Gasteiger partial charge in [0.15, 0.2) is 11.8 Å². The molecule has 0 aromatic carbocycles. The lowest BCUT2D eigenvalue weighted by molar-refractivity contribution is 0.323. The van der Waals surface area contributed by atoms with Gasteiger partial charge in [-0.3, -0.25) is 0 Å². The molecule has 0 nitrogen and oxygen atoms in total. The van der Waals surface area contributed by atoms with Crippen molar-refractivity contribution in [2.75, 3.05) is 5.75 Å². The van der Waals surface area contributed by atoms with Crippen molar-refractivity contribution in [1.82, 2.24) is 0 Å². The van der Waals surface area contributed by atoms with E-state index >= 15 is 0 Å². The highest BCUT2D eigenvalue weighted by atomic mass is 32.9. The molecule has 0 saturated carbocycles. The Morgan fingerprint density at radius 2 is 2.00 bits per heavy atom. The lowest BCUT2D eigenvalue weighted by Gasteiger charge is -2.21. The molecule has 0 aliphatic heterocycles. The topological polar surface area (TPSA) is 0 Å². The van der Waals surface area contributed by atoms with Crippen LogP contribution in [0, 0.1) is 11.3 Å². The van der Waals surface area contributed by atoms with Gasteiger partial charge in [0.05, 0.1) is 11.4 Å². The predicted molar refractivity (Wildman–Crippen MR) is 61.4 cm³/mol. The quantitative estimate of drug-likeness (QED) is 0.645. The van der Waals surface area contributed by atoms with Crippen molar-refractivity contribution in [3.63, 3.8) is 0 Å². The van der Waals surface area contributed by atoms with E-state index in [9.17, 15) is 0 Å². The Labute approximate surface area is 81.1 Å². The summed E-state index contributed by atoms with van der Waals surface area (Å²) in [6.07, 6.45) is 1.31. The molecule has 0 bridgehead atoms. The summed E-state index contributed by atoms with van der Waals surface area (Å²) in [6.45, 7) is 9.84. The number of hydrogen-bond acceptors (Lipinski definition) is 2. The minimum Gasteiger partial charge on any atom is -0.0616 e. The minimum atomic E-state index is 0.477. The van der Waals surface area contributed by atoms with Gasteiger partial charge in [0.1, 0.15) is 0 Å². The van der Waals surface area contributed by atoms with Crippen LogP contribution in [0.25, 0.3) is 0 Å². The first-order valence-corrected chi connectivity index (χ1v) is 7.79. The summed E-state index contributed by atoms with van der Waals surface area (Å²) in [5, 5.41) is 0. The van der Waals surface area contributed by atoms with Crippen molar-refractivity contribution in [2.24, 2.45) is 11.3 Å². The van der Waals surface area contributed by atoms with Crippen LogP contribution in [0.2, 0.25) is 0 Å². The third-order valence-electron chi connectivity index (χ3n) is 1.39. The van der Waals surface area contributed by atoms with Gasteiger partial charge in [0, 0.05) is 5.75 Å². The van der Waals surface area contributed by atoms with Gasteiger partial charge < -0.3 is 0 Å². The second kappa shape index (κ2) is 5.50. The molecule has 0 saturated heterocycles. The van der Waals surface area contributed by atoms with E-state index in [2.05, 4.69) is 27.7 Å². The maximum absolute atomic E-state index is 4.90. The third kappa shape index (κ3) is 8.78. The van der Waals surface area contributed by atoms with E-state index in [1.807, 2.05) is 11.4 Å². The summed E-state index contributed by atoms with van der Waals surface area (Å²) < 4.78 is 0. The van der Waals surface area contributed by atoms with E-state index in [4.69, 9.17) is 11.8 Å². The molecule has 2 unspecified atom stereocenters. The number of rotatable bonds is 4. The highest BCUT2D eigenvalue weighted by Gasteiger charge is 2.15. The molecule has 3 heteroatoms. The molecule has 0 amide bonds. The second-order valence-corrected chi connectivity index (χ2v) is 7.92. The van der Waals surface area contributed by atoms with Crippen molar-refractivity contribution in [3.8, 4) is 0 Å². The monoisotopic (exact) mass is 209 g/mol. The Morgan fingerprint density at radius 1 is 1.45 bits per heavy atom. The molecule has 0 rings (SSSR count). The standard InChI is InChI=1S/C8H17PS2/c1-7(6-11-9-10)5-8(2,3)4/h7H,5-6H2,1-4H3/p+1. The zero-order chi connectivity index (χ0) is 8.91. The van der Waals surface area contributed by atoms with E-state index in [0.29, 0.717) is 12.0 Å². The van der Waals surface area contributed by atoms with E-state index in [1.54, 1.807) is 0 Å². The van der Waals surface area contributed by atoms with Crippen molar-refractivity contribution < 1.29 is 0 Å². The summed E-state index contributed by atoms with van der Waals surface area (Å²) in [6, 6.07) is 0. The average Bonchev–Trinajstić information content (AvgIpc) is 1.79. The molecule has 0 N–H and O–H groups in total. The van der Waals surface area contributed by atoms with Crippen molar-refractivity contribution in [2.45, 2.75) is 34.1 Å². The lowest BCUT2D eigenvalue weighted by Crippen LogP contribution is -2.12. The lowest BCUT2D eigenvalue weighted by atomic mass is 9.86. The van der Waals surface area contributed by atoms with Crippen LogP contribution in [0.4, 0.5) is 0 Å². The molecule has 0 aliphatic carbocycles. The fourth-order valence-corrected chi connectivity index (χ4v) is 3.42. The summed E-state index contributed by atoms with van der Waals surface area (Å²) in [5.74, 6) is 2.05. The Balaban J connectivity index is 3.51. The summed E-state index contributed by atoms with van der Waals surface area (Å²) in [5.41, 5.74) is 0.477. The van der Waals surface area contributed by atoms with E-state index < -0.39 is 0 Å². The van der Waals surface area contributed by atoms with Crippen LogP contribution < -0.4 is 0 Å². The van der Waals surface area contributed by atoms with Crippen LogP contribution in [-0.2, 0) is 11.8 Å². The Kier molecular flexibility index (Phi) is 5.94. The van der Waals surface area contributed by atoms with Crippen molar-refractivity contribution in [3.05, 3.63) is 0 Å². The Bertz CT molecular complexity index is 118. The average molecular weight is 209 g/mol. The largest absolute Gasteiger partial charge is 0.230 e. The first kappa shape index (κ1) is 11.9. The maximum Gasteiger partial charge on any atom is 0.230 e. The summed E-state index contributed by atoms with van der Waals surface area (Å²) in [4.78, 5) is 0. The molecule has 0 radical (unpaired) electrons. The van der Waals surface area contributed by atoms with Crippen LogP contribution in [0.3, 0.4) is 0 Å². The van der Waals surface area contributed by atoms with Crippen LogP contribution in [0.15, 0.2) is 0 Å². The van der Waals surface area contributed by atoms with Crippen molar-refractivity contribution in [1.29, 1.82) is 0 Å². The summed E-state index contributed by atoms with van der Waals surface area (Å²) in [7, 11) is 0. The van der Waals surface area contributed by atoms with E-state index in [0.717, 1.165) is 5.92 Å². The van der Waals surface area contributed by atoms with Gasteiger partial charge >= 0.3 is 0 Å². The molecular formula is C8H18PS2+. The van der Waals surface area contributed by atoms with Gasteiger partial charge in [0.25, 0.3) is 0 Å². The first-order valence-electron chi connectivity index (χ1n) is 3.94. The normalized spacial score (nSPS) is 15.3. The molecule has 11 heavy (non-hydrogen) atoms. The van der Waals surface area contributed by atoms with Crippen LogP contribution in [0.5, 0.6) is 0 Å². The van der Waals surface area contributed by atoms with Crippen molar-refractivity contribution >= 4 is 29.7 Å². The SMILES string of the molecule is CC(CS[PH+]=S)CC(C)(C)C. The third-order valence-corrected chi connectivity index (χ3v) is 4.16. The fourth-order valence-electron chi connectivity index (χ4n) is 1.28. The molecule has 0 spiro atoms. The highest BCUT2D eigenvalue weighted by molar-refractivity contribution is 8.57. The first-order chi connectivity index (χ1) is 4.95. The fraction of sp³-hybridized carbons (Fsp3) is 1.00. The predicted octanol–water partition coefficient (Wildman–Crippen LogP) is 3.85. The van der Waals surface area contributed by atoms with Gasteiger partial charge in [-0.05, 0) is 17.8 Å². The van der Waals surface area contributed by atoms with Gasteiger partial charge in [0.2, 0.25) is 6.56 Å². The Morgan fingerprint density at radius 3 is 2.36 bits per heavy atom. The molecular weight excluding hydrogens is 191 g/mol. The molecule has 0 aromatic heterocycles. The van der Waals surface area contributed by atoms with Gasteiger partial charge in [-0.15, -0.1) is 0 Å². The zero-order valence-corrected chi connectivity index (χ0v) is 10.4. The van der Waals surface area contributed by atoms with Crippen LogP contribution in [-0.4, -0.2) is 5.75 Å². The summed E-state index contributed by atoms with van der Waals surface area (Å²) >= 11 is 6.80. The molecule has 0 fully saturated rings. The van der Waals surface area contributed by atoms with Crippen LogP contribution >= 0.6 is 17.9 Å². The minimum absolute atomic E-state index is 0.477. The van der Waals surface area contributed by atoms with Gasteiger partial charge in [-0.25, -0.2) is 0 Å². The number of hydrogen-bond donors (Lipinski definition) is 0. The van der Waals surface area contributed by atoms with E-state index in [-0.39, 0.29) is 0 Å². The maximum atomic E-state index is 4.90. The molecule has 66 valence electrons. The van der Waals surface area contributed by atoms with Gasteiger partial charge in [-0.1, -0.05) is 27.7 Å². The van der Waals surface area contributed by atoms with Crippen LogP contribution in [0.1, 0.15) is 34.1 Å². The molecule has 0 heterocycles. The molecule has 0 aromatic rings. The smallest absolute Gasteiger partial charge is 0.0616 e. The zero-order valence-electron chi connectivity index (χ0n) is 7.81. The van der Waals surface area contributed by atoms with Gasteiger partial charge in [-0.2, -0.15) is 0 Å². The highest BCUT2D eigenvalue weighted by Crippen LogP contribution is 2.29. The van der Waals surface area contributed by atoms with E-state index in [1.165, 1.54) is 12.2 Å². The molecule has 2 atom stereocenters. The Hall–Kier alpha value is 0.870. The molecule has 0 aliphatic rings. The second-order valence-electron chi connectivity index (χ2n) is 4.26.